The molecule has 0 aromatic heterocycles. The van der Waals surface area contributed by atoms with Crippen molar-refractivity contribution in [2.45, 2.75) is 68.7 Å². The number of carbonyl (C=O) groups excluding carboxylic acids is 5. The molecule has 9 rings (SSSR count). The number of nitrogens with one attached hydrogen (secondary N) is 5. The first kappa shape index (κ1) is 50.5. The maximum Gasteiger partial charge on any atom is 0.326 e. The summed E-state index contributed by atoms with van der Waals surface area (Å²) in [7, 11) is 0. The van der Waals surface area contributed by atoms with Gasteiger partial charge in [-0.15, -0.1) is 0 Å². The Morgan fingerprint density at radius 3 is 1.48 bits per heavy atom. The van der Waals surface area contributed by atoms with E-state index < -0.39 is 72.3 Å². The number of aliphatic carboxylic acids is 1. The first-order valence-electron chi connectivity index (χ1n) is 24.3. The lowest BCUT2D eigenvalue weighted by Gasteiger charge is -2.27. The normalized spacial score (nSPS) is 18.0. The predicted molar refractivity (Wildman–Crippen MR) is 279 cm³/mol. The predicted octanol–water partition coefficient (Wildman–Crippen LogP) is 6.83. The standard InChI is InChI=1S/C60H57N5O8/c66-55-39-73-49-32-25-44(26-33-49)37-53(59(70)65-54(60(71)72)38-41-15-7-2-8-16-41)63-56(67)50(34-27-40-13-5-1-6-14-40)62-58(69)52(36-43-23-30-48(31-24-43)46-19-11-4-12-20-46)64-57(68)51(61-55)35-42-21-28-47(29-22-42)45-17-9-3-10-18-45/h1-26,28-33,50-54H,27,34-39H2,(H,61,66)(H,62,69)(H,63,67)(H,64,68)(H,65,70)(H,71,72)/t50-,51-,52+,53-,54+/m0/s1. The van der Waals surface area contributed by atoms with E-state index in [-0.39, 0.29) is 32.1 Å². The molecule has 7 aromatic carbocycles. The molecule has 0 aliphatic carbocycles. The maximum absolute atomic E-state index is 14.9. The van der Waals surface area contributed by atoms with Crippen LogP contribution in [0.5, 0.6) is 5.75 Å². The van der Waals surface area contributed by atoms with E-state index >= 15 is 0 Å². The molecule has 0 fully saturated rings. The number of hydrogen-bond donors (Lipinski definition) is 6. The zero-order valence-electron chi connectivity index (χ0n) is 40.1. The van der Waals surface area contributed by atoms with E-state index in [1.165, 1.54) is 0 Å². The van der Waals surface area contributed by atoms with Crippen LogP contribution in [0.3, 0.4) is 0 Å². The second-order valence-corrected chi connectivity index (χ2v) is 18.1. The Bertz CT molecular complexity index is 2960. The number of carboxylic acids is 1. The van der Waals surface area contributed by atoms with Gasteiger partial charge in [-0.1, -0.05) is 182 Å². The van der Waals surface area contributed by atoms with Gasteiger partial charge in [-0.2, -0.15) is 0 Å². The Labute approximate surface area is 424 Å². The van der Waals surface area contributed by atoms with E-state index in [0.717, 1.165) is 33.4 Å². The molecule has 0 unspecified atom stereocenters. The van der Waals surface area contributed by atoms with Gasteiger partial charge in [-0.05, 0) is 75.0 Å². The molecule has 2 aliphatic heterocycles. The van der Waals surface area contributed by atoms with Gasteiger partial charge in [0.25, 0.3) is 5.91 Å². The number of hydrogen-bond acceptors (Lipinski definition) is 7. The first-order valence-corrected chi connectivity index (χ1v) is 24.3. The first-order chi connectivity index (χ1) is 35.5. The van der Waals surface area contributed by atoms with E-state index in [1.54, 1.807) is 54.6 Å². The summed E-state index contributed by atoms with van der Waals surface area (Å²) in [6.07, 6.45) is 0.443. The zero-order chi connectivity index (χ0) is 50.9. The fourth-order valence-electron chi connectivity index (χ4n) is 8.73. The third-order valence-corrected chi connectivity index (χ3v) is 12.7. The van der Waals surface area contributed by atoms with Gasteiger partial charge < -0.3 is 36.4 Å². The lowest BCUT2D eigenvalue weighted by molar-refractivity contribution is -0.142. The van der Waals surface area contributed by atoms with E-state index in [9.17, 15) is 33.9 Å². The van der Waals surface area contributed by atoms with E-state index in [0.29, 0.717) is 28.9 Å². The smallest absolute Gasteiger partial charge is 0.326 e. The minimum atomic E-state index is -1.33. The van der Waals surface area contributed by atoms with Gasteiger partial charge in [0.05, 0.1) is 0 Å². The fourth-order valence-corrected chi connectivity index (χ4v) is 8.73. The Kier molecular flexibility index (Phi) is 17.2. The number of aryl methyl sites for hydroxylation is 1. The minimum absolute atomic E-state index is 0.00617. The summed E-state index contributed by atoms with van der Waals surface area (Å²) < 4.78 is 5.88. The zero-order valence-corrected chi connectivity index (χ0v) is 40.1. The maximum atomic E-state index is 14.9. The molecule has 7 aromatic rings. The van der Waals surface area contributed by atoms with Crippen LogP contribution < -0.4 is 31.3 Å². The van der Waals surface area contributed by atoms with Crippen molar-refractivity contribution < 1.29 is 38.6 Å². The lowest BCUT2D eigenvalue weighted by Crippen LogP contribution is -2.60. The number of rotatable bonds is 14. The second-order valence-electron chi connectivity index (χ2n) is 18.1. The topological polar surface area (TPSA) is 192 Å². The van der Waals surface area contributed by atoms with Crippen LogP contribution in [0, 0.1) is 0 Å². The van der Waals surface area contributed by atoms with Gasteiger partial charge >= 0.3 is 5.97 Å². The highest BCUT2D eigenvalue weighted by Crippen LogP contribution is 2.22. The molecule has 13 nitrogen and oxygen atoms in total. The number of ether oxygens (including phenoxy) is 1. The molecule has 2 aliphatic rings. The van der Waals surface area contributed by atoms with E-state index in [4.69, 9.17) is 4.74 Å². The summed E-state index contributed by atoms with van der Waals surface area (Å²) in [6, 6.07) is 53.5. The molecular weight excluding hydrogens is 919 g/mol. The number of benzene rings is 7. The van der Waals surface area contributed by atoms with Gasteiger partial charge in [0.15, 0.2) is 6.61 Å². The summed E-state index contributed by atoms with van der Waals surface area (Å²) >= 11 is 0. The van der Waals surface area contributed by atoms with Gasteiger partial charge in [0, 0.05) is 25.7 Å². The fraction of sp³-hybridized carbons (Fsp3) is 0.200. The lowest BCUT2D eigenvalue weighted by atomic mass is 9.98. The Hall–Kier alpha value is -8.84. The highest BCUT2D eigenvalue weighted by molar-refractivity contribution is 5.96. The Morgan fingerprint density at radius 1 is 0.507 bits per heavy atom. The monoisotopic (exact) mass is 975 g/mol. The molecule has 0 radical (unpaired) electrons. The number of fused-ring (bicyclic) bond motifs is 16. The van der Waals surface area contributed by atoms with Crippen molar-refractivity contribution in [2.24, 2.45) is 0 Å². The molecule has 13 heteroatoms. The molecule has 370 valence electrons. The van der Waals surface area contributed by atoms with Crippen LogP contribution in [0.1, 0.15) is 34.2 Å². The second kappa shape index (κ2) is 24.8. The van der Waals surface area contributed by atoms with Crippen LogP contribution >= 0.6 is 0 Å². The Morgan fingerprint density at radius 2 is 0.959 bits per heavy atom. The highest BCUT2D eigenvalue weighted by Gasteiger charge is 2.33. The summed E-state index contributed by atoms with van der Waals surface area (Å²) in [5, 5.41) is 24.4. The number of amides is 5. The molecule has 0 spiro atoms. The third-order valence-electron chi connectivity index (χ3n) is 12.7. The summed E-state index contributed by atoms with van der Waals surface area (Å²) in [6.45, 7) is -0.448. The average molecular weight is 976 g/mol. The van der Waals surface area contributed by atoms with E-state index in [2.05, 4.69) is 26.6 Å². The molecule has 73 heavy (non-hydrogen) atoms. The third kappa shape index (κ3) is 14.6. The summed E-state index contributed by atoms with van der Waals surface area (Å²) in [5.74, 6) is -4.30. The molecule has 5 amide bonds. The molecule has 5 atom stereocenters. The van der Waals surface area contributed by atoms with Gasteiger partial charge in [0.2, 0.25) is 23.6 Å². The van der Waals surface area contributed by atoms with Crippen molar-refractivity contribution >= 4 is 35.5 Å². The average Bonchev–Trinajstić information content (AvgIpc) is 3.42. The van der Waals surface area contributed by atoms with Crippen molar-refractivity contribution in [3.8, 4) is 28.0 Å². The van der Waals surface area contributed by atoms with Crippen LogP contribution in [-0.4, -0.2) is 77.4 Å². The van der Waals surface area contributed by atoms with Gasteiger partial charge in [0.1, 0.15) is 36.0 Å². The molecule has 0 saturated heterocycles. The Balaban J connectivity index is 1.12. The van der Waals surface area contributed by atoms with Crippen LogP contribution in [-0.2, 0) is 60.9 Å². The van der Waals surface area contributed by atoms with Gasteiger partial charge in [-0.25, -0.2) is 4.79 Å². The number of carboxylic acid groups (broad SMARTS) is 1. The molecule has 2 bridgehead atoms. The van der Waals surface area contributed by atoms with Crippen LogP contribution in [0.2, 0.25) is 0 Å². The largest absolute Gasteiger partial charge is 0.484 e. The molecular formula is C60H57N5O8. The van der Waals surface area contributed by atoms with E-state index in [1.807, 2.05) is 140 Å². The van der Waals surface area contributed by atoms with Crippen molar-refractivity contribution in [3.05, 3.63) is 222 Å². The van der Waals surface area contributed by atoms with Crippen molar-refractivity contribution in [1.82, 2.24) is 26.6 Å². The van der Waals surface area contributed by atoms with Crippen molar-refractivity contribution in [3.63, 3.8) is 0 Å². The minimum Gasteiger partial charge on any atom is -0.484 e. The van der Waals surface area contributed by atoms with Gasteiger partial charge in [-0.3, -0.25) is 24.0 Å². The van der Waals surface area contributed by atoms with Crippen molar-refractivity contribution in [2.75, 3.05) is 6.61 Å². The summed E-state index contributed by atoms with van der Waals surface area (Å²) in [5.41, 5.74) is 7.55. The molecule has 2 heterocycles. The van der Waals surface area contributed by atoms with Crippen LogP contribution in [0.15, 0.2) is 194 Å². The SMILES string of the molecule is O=C1COc2ccc(cc2)C[C@@H](C(=O)N[C@H](Cc2ccccc2)C(=O)O)NC(=O)[C@H](CCc2ccccc2)NC(=O)[C@@H](Cc2ccc(-c3ccccc3)cc2)NC(=O)[C@H](Cc2ccc(-c3ccccc3)cc2)N1. The quantitative estimate of drug-likeness (QED) is 0.0640. The van der Waals surface area contributed by atoms with Crippen LogP contribution in [0.4, 0.5) is 0 Å². The highest BCUT2D eigenvalue weighted by atomic mass is 16.5. The number of carbonyl (C=O) groups is 6. The van der Waals surface area contributed by atoms with Crippen molar-refractivity contribution in [1.29, 1.82) is 0 Å². The molecule has 6 N–H and O–H groups in total. The molecule has 0 saturated carbocycles. The van der Waals surface area contributed by atoms with Crippen LogP contribution in [0.25, 0.3) is 22.3 Å². The summed E-state index contributed by atoms with van der Waals surface area (Å²) in [4.78, 5) is 84.8.